The van der Waals surface area contributed by atoms with Gasteiger partial charge in [-0.2, -0.15) is 11.3 Å². The van der Waals surface area contributed by atoms with Crippen molar-refractivity contribution in [2.75, 3.05) is 26.2 Å². The number of carbonyl (C=O) groups excluding carboxylic acids is 1. The van der Waals surface area contributed by atoms with Crippen LogP contribution in [0.5, 0.6) is 0 Å². The number of rotatable bonds is 4. The molecule has 0 N–H and O–H groups in total. The molecule has 142 valence electrons. The van der Waals surface area contributed by atoms with Crippen LogP contribution in [0.4, 0.5) is 0 Å². The number of aryl methyl sites for hydroxylation is 2. The molecule has 1 fully saturated rings. The maximum Gasteiger partial charge on any atom is 0.265 e. The number of nitrogens with zero attached hydrogens (tertiary/aromatic N) is 4. The van der Waals surface area contributed by atoms with Crippen LogP contribution in [0.3, 0.4) is 0 Å². The number of thiazole rings is 1. The molecule has 27 heavy (non-hydrogen) atoms. The summed E-state index contributed by atoms with van der Waals surface area (Å²) in [5.41, 5.74) is 2.87. The molecule has 0 saturated carbocycles. The minimum Gasteiger partial charge on any atom is -0.361 e. The Morgan fingerprint density at radius 2 is 2.15 bits per heavy atom. The lowest BCUT2D eigenvalue weighted by Crippen LogP contribution is -2.35. The first kappa shape index (κ1) is 18.3. The fourth-order valence-corrected chi connectivity index (χ4v) is 5.05. The Morgan fingerprint density at radius 1 is 1.26 bits per heavy atom. The molecule has 4 rings (SSSR count). The highest BCUT2D eigenvalue weighted by Gasteiger charge is 2.24. The van der Waals surface area contributed by atoms with Crippen LogP contribution >= 0.6 is 22.7 Å². The predicted octanol–water partition coefficient (Wildman–Crippen LogP) is 3.82. The van der Waals surface area contributed by atoms with Crippen LogP contribution in [0.1, 0.15) is 33.2 Å². The summed E-state index contributed by atoms with van der Waals surface area (Å²) in [6.07, 6.45) is 0.956. The van der Waals surface area contributed by atoms with Crippen LogP contribution in [-0.2, 0) is 6.54 Å². The largest absolute Gasteiger partial charge is 0.361 e. The van der Waals surface area contributed by atoms with Gasteiger partial charge in [0.1, 0.15) is 15.6 Å². The maximum absolute atomic E-state index is 13.1. The third-order valence-electron chi connectivity index (χ3n) is 4.70. The summed E-state index contributed by atoms with van der Waals surface area (Å²) in [6.45, 7) is 7.89. The quantitative estimate of drug-likeness (QED) is 0.664. The van der Waals surface area contributed by atoms with E-state index in [1.54, 1.807) is 11.3 Å². The summed E-state index contributed by atoms with van der Waals surface area (Å²) in [5, 5.41) is 9.11. The van der Waals surface area contributed by atoms with Gasteiger partial charge in [-0.15, -0.1) is 11.3 Å². The number of aromatic nitrogens is 2. The van der Waals surface area contributed by atoms with Crippen LogP contribution in [0, 0.1) is 13.8 Å². The zero-order valence-electron chi connectivity index (χ0n) is 15.5. The summed E-state index contributed by atoms with van der Waals surface area (Å²) in [4.78, 5) is 22.8. The Hall–Kier alpha value is -2.03. The van der Waals surface area contributed by atoms with Crippen molar-refractivity contribution in [1.29, 1.82) is 0 Å². The SMILES string of the molecule is Cc1cc(CN2CCCN(C(=O)c3sc(-c4ccsc4)nc3C)CC2)no1. The molecule has 0 bridgehead atoms. The van der Waals surface area contributed by atoms with Crippen molar-refractivity contribution in [3.05, 3.63) is 44.9 Å². The molecule has 0 unspecified atom stereocenters. The summed E-state index contributed by atoms with van der Waals surface area (Å²) in [6, 6.07) is 4.02. The van der Waals surface area contributed by atoms with Gasteiger partial charge in [0, 0.05) is 49.7 Å². The third-order valence-corrected chi connectivity index (χ3v) is 6.57. The van der Waals surface area contributed by atoms with Gasteiger partial charge in [-0.3, -0.25) is 9.69 Å². The molecule has 0 atom stereocenters. The van der Waals surface area contributed by atoms with E-state index in [4.69, 9.17) is 4.52 Å². The van der Waals surface area contributed by atoms with Crippen molar-refractivity contribution < 1.29 is 9.32 Å². The van der Waals surface area contributed by atoms with E-state index in [-0.39, 0.29) is 5.91 Å². The van der Waals surface area contributed by atoms with Crippen LogP contribution in [-0.4, -0.2) is 52.0 Å². The van der Waals surface area contributed by atoms with E-state index in [0.29, 0.717) is 0 Å². The van der Waals surface area contributed by atoms with Gasteiger partial charge in [0.2, 0.25) is 0 Å². The lowest BCUT2D eigenvalue weighted by Gasteiger charge is -2.21. The smallest absolute Gasteiger partial charge is 0.265 e. The molecule has 4 heterocycles. The molecule has 3 aromatic heterocycles. The summed E-state index contributed by atoms with van der Waals surface area (Å²) < 4.78 is 5.15. The molecule has 1 aliphatic rings. The standard InChI is InChI=1S/C19H22N4O2S2/c1-13-10-16(21-25-13)11-22-5-3-6-23(8-7-22)19(24)17-14(2)20-18(27-17)15-4-9-26-12-15/h4,9-10,12H,3,5-8,11H2,1-2H3. The van der Waals surface area contributed by atoms with Gasteiger partial charge in [-0.25, -0.2) is 4.98 Å². The van der Waals surface area contributed by atoms with Crippen LogP contribution < -0.4 is 0 Å². The van der Waals surface area contributed by atoms with Gasteiger partial charge in [0.05, 0.1) is 11.4 Å². The van der Waals surface area contributed by atoms with Crippen molar-refractivity contribution >= 4 is 28.6 Å². The van der Waals surface area contributed by atoms with E-state index < -0.39 is 0 Å². The normalized spacial score (nSPS) is 15.9. The monoisotopic (exact) mass is 402 g/mol. The molecular weight excluding hydrogens is 380 g/mol. The fourth-order valence-electron chi connectivity index (χ4n) is 3.30. The molecule has 1 amide bonds. The van der Waals surface area contributed by atoms with Gasteiger partial charge < -0.3 is 9.42 Å². The minimum atomic E-state index is 0.102. The molecule has 0 radical (unpaired) electrons. The molecule has 1 aliphatic heterocycles. The van der Waals surface area contributed by atoms with E-state index in [1.165, 1.54) is 11.3 Å². The molecule has 0 spiro atoms. The first-order valence-corrected chi connectivity index (χ1v) is 10.8. The first-order chi connectivity index (χ1) is 13.1. The van der Waals surface area contributed by atoms with Crippen LogP contribution in [0.25, 0.3) is 10.6 Å². The van der Waals surface area contributed by atoms with Crippen molar-refractivity contribution in [1.82, 2.24) is 19.9 Å². The number of hydrogen-bond donors (Lipinski definition) is 0. The zero-order chi connectivity index (χ0) is 18.8. The van der Waals surface area contributed by atoms with Crippen molar-refractivity contribution in [2.24, 2.45) is 0 Å². The van der Waals surface area contributed by atoms with E-state index >= 15 is 0 Å². The molecule has 6 nitrogen and oxygen atoms in total. The van der Waals surface area contributed by atoms with E-state index in [1.807, 2.05) is 36.3 Å². The van der Waals surface area contributed by atoms with E-state index in [2.05, 4.69) is 20.4 Å². The van der Waals surface area contributed by atoms with Gasteiger partial charge in [0.25, 0.3) is 5.91 Å². The molecule has 0 aromatic carbocycles. The Bertz CT molecular complexity index is 916. The summed E-state index contributed by atoms with van der Waals surface area (Å²) in [5.74, 6) is 0.935. The van der Waals surface area contributed by atoms with Gasteiger partial charge in [-0.05, 0) is 31.7 Å². The Balaban J connectivity index is 1.42. The highest BCUT2D eigenvalue weighted by atomic mass is 32.1. The Morgan fingerprint density at radius 3 is 2.89 bits per heavy atom. The Kier molecular flexibility index (Phi) is 5.38. The molecule has 1 saturated heterocycles. The second kappa shape index (κ2) is 7.92. The first-order valence-electron chi connectivity index (χ1n) is 9.04. The Labute approximate surface area is 166 Å². The predicted molar refractivity (Wildman–Crippen MR) is 107 cm³/mol. The van der Waals surface area contributed by atoms with Gasteiger partial charge in [0.15, 0.2) is 0 Å². The minimum absolute atomic E-state index is 0.102. The van der Waals surface area contributed by atoms with Gasteiger partial charge in [-0.1, -0.05) is 5.16 Å². The third kappa shape index (κ3) is 4.12. The highest BCUT2D eigenvalue weighted by Crippen LogP contribution is 2.30. The zero-order valence-corrected chi connectivity index (χ0v) is 17.1. The molecule has 8 heteroatoms. The lowest BCUT2D eigenvalue weighted by atomic mass is 10.3. The number of carbonyl (C=O) groups is 1. The van der Waals surface area contributed by atoms with Crippen LogP contribution in [0.15, 0.2) is 27.4 Å². The average Bonchev–Trinajstić information content (AvgIpc) is 3.35. The van der Waals surface area contributed by atoms with Crippen LogP contribution in [0.2, 0.25) is 0 Å². The lowest BCUT2D eigenvalue weighted by molar-refractivity contribution is 0.0765. The maximum atomic E-state index is 13.1. The molecule has 0 aliphatic carbocycles. The second-order valence-electron chi connectivity index (χ2n) is 6.80. The molecule has 3 aromatic rings. The van der Waals surface area contributed by atoms with Gasteiger partial charge >= 0.3 is 0 Å². The van der Waals surface area contributed by atoms with E-state index in [9.17, 15) is 4.79 Å². The summed E-state index contributed by atoms with van der Waals surface area (Å²) >= 11 is 3.15. The molecular formula is C19H22N4O2S2. The fraction of sp³-hybridized carbons (Fsp3) is 0.421. The second-order valence-corrected chi connectivity index (χ2v) is 8.58. The highest BCUT2D eigenvalue weighted by molar-refractivity contribution is 7.17. The van der Waals surface area contributed by atoms with E-state index in [0.717, 1.165) is 71.7 Å². The van der Waals surface area contributed by atoms with Crippen molar-refractivity contribution in [3.63, 3.8) is 0 Å². The number of hydrogen-bond acceptors (Lipinski definition) is 7. The topological polar surface area (TPSA) is 62.5 Å². The average molecular weight is 403 g/mol. The number of amides is 1. The summed E-state index contributed by atoms with van der Waals surface area (Å²) in [7, 11) is 0. The van der Waals surface area contributed by atoms with Crippen molar-refractivity contribution in [3.8, 4) is 10.6 Å². The number of thiophene rings is 1. The van der Waals surface area contributed by atoms with Crippen molar-refractivity contribution in [2.45, 2.75) is 26.8 Å².